The molecule has 2 N–H and O–H groups in total. The van der Waals surface area contributed by atoms with Crippen molar-refractivity contribution < 1.29 is 19.8 Å². The second-order valence-electron chi connectivity index (χ2n) is 8.63. The molecule has 0 unspecified atom stereocenters. The maximum atomic E-state index is 9.55. The largest absolute Gasteiger partial charge is 0.478 e. The first-order valence-electron chi connectivity index (χ1n) is 12.3. The molecule has 3 aromatic rings. The average molecular weight is 497 g/mol. The molecule has 1 aliphatic heterocycles. The van der Waals surface area contributed by atoms with Crippen LogP contribution in [0.4, 0.5) is 5.69 Å². The van der Waals surface area contributed by atoms with Crippen molar-refractivity contribution in [3.63, 3.8) is 0 Å². The molecular formula is C31H32N2O4. The first kappa shape index (κ1) is 27.3. The summed E-state index contributed by atoms with van der Waals surface area (Å²) in [5.74, 6) is 4.22. The van der Waals surface area contributed by atoms with Gasteiger partial charge in [-0.3, -0.25) is 4.90 Å². The quantitative estimate of drug-likeness (QED) is 0.357. The molecule has 0 aliphatic carbocycles. The molecule has 0 spiro atoms. The van der Waals surface area contributed by atoms with E-state index in [2.05, 4.69) is 94.4 Å². The van der Waals surface area contributed by atoms with Crippen molar-refractivity contribution in [2.75, 3.05) is 24.5 Å². The van der Waals surface area contributed by atoms with Gasteiger partial charge in [0.05, 0.1) is 6.54 Å². The summed E-state index contributed by atoms with van der Waals surface area (Å²) in [6, 6.07) is 32.3. The minimum atomic E-state index is -1.26. The first-order chi connectivity index (χ1) is 18.0. The van der Waals surface area contributed by atoms with E-state index in [1.165, 1.54) is 24.1 Å². The van der Waals surface area contributed by atoms with Crippen molar-refractivity contribution >= 4 is 17.6 Å². The van der Waals surface area contributed by atoms with Crippen LogP contribution in [-0.2, 0) is 16.1 Å². The lowest BCUT2D eigenvalue weighted by Crippen LogP contribution is -2.45. The van der Waals surface area contributed by atoms with Gasteiger partial charge in [0.2, 0.25) is 0 Å². The van der Waals surface area contributed by atoms with E-state index in [4.69, 9.17) is 10.2 Å². The molecule has 0 bridgehead atoms. The van der Waals surface area contributed by atoms with Gasteiger partial charge in [0.15, 0.2) is 0 Å². The Bertz CT molecular complexity index is 1180. The fourth-order valence-corrected chi connectivity index (χ4v) is 4.17. The number of para-hydroxylation sites is 1. The van der Waals surface area contributed by atoms with Gasteiger partial charge in [-0.25, -0.2) is 9.59 Å². The third kappa shape index (κ3) is 10.0. The number of hydrogen-bond acceptors (Lipinski definition) is 4. The number of carboxylic acid groups (broad SMARTS) is 2. The number of anilines is 1. The smallest absolute Gasteiger partial charge is 0.328 e. The van der Waals surface area contributed by atoms with Crippen LogP contribution in [-0.4, -0.2) is 52.7 Å². The van der Waals surface area contributed by atoms with Crippen LogP contribution < -0.4 is 4.90 Å². The van der Waals surface area contributed by atoms with Crippen molar-refractivity contribution in [1.82, 2.24) is 4.90 Å². The summed E-state index contributed by atoms with van der Waals surface area (Å²) in [4.78, 5) is 24.2. The molecular weight excluding hydrogens is 464 g/mol. The van der Waals surface area contributed by atoms with E-state index >= 15 is 0 Å². The molecule has 1 aliphatic rings. The molecule has 37 heavy (non-hydrogen) atoms. The van der Waals surface area contributed by atoms with Crippen molar-refractivity contribution in [3.05, 3.63) is 114 Å². The van der Waals surface area contributed by atoms with Gasteiger partial charge in [-0.2, -0.15) is 0 Å². The molecule has 190 valence electrons. The highest BCUT2D eigenvalue weighted by Crippen LogP contribution is 2.24. The molecule has 6 heteroatoms. The first-order valence-corrected chi connectivity index (χ1v) is 12.3. The highest BCUT2D eigenvalue weighted by molar-refractivity contribution is 5.89. The van der Waals surface area contributed by atoms with Crippen LogP contribution >= 0.6 is 0 Å². The lowest BCUT2D eigenvalue weighted by molar-refractivity contribution is -0.134. The summed E-state index contributed by atoms with van der Waals surface area (Å²) in [7, 11) is 0. The summed E-state index contributed by atoms with van der Waals surface area (Å²) >= 11 is 0. The molecule has 0 saturated carbocycles. The Morgan fingerprint density at radius 2 is 1.32 bits per heavy atom. The van der Waals surface area contributed by atoms with Crippen LogP contribution in [0.15, 0.2) is 103 Å². The van der Waals surface area contributed by atoms with E-state index in [1.807, 2.05) is 18.2 Å². The number of benzene rings is 3. The number of carboxylic acids is 2. The van der Waals surface area contributed by atoms with Gasteiger partial charge in [0.25, 0.3) is 0 Å². The molecule has 0 amide bonds. The fourth-order valence-electron chi connectivity index (χ4n) is 4.17. The van der Waals surface area contributed by atoms with E-state index in [9.17, 15) is 9.59 Å². The zero-order chi connectivity index (χ0) is 26.3. The minimum absolute atomic E-state index is 0.537. The van der Waals surface area contributed by atoms with Crippen LogP contribution in [0.25, 0.3) is 0 Å². The molecule has 0 radical (unpaired) electrons. The summed E-state index contributed by atoms with van der Waals surface area (Å²) in [5.41, 5.74) is 3.76. The van der Waals surface area contributed by atoms with Crippen LogP contribution in [0.1, 0.15) is 24.0 Å². The Morgan fingerprint density at radius 1 is 0.811 bits per heavy atom. The van der Waals surface area contributed by atoms with Crippen molar-refractivity contribution in [2.45, 2.75) is 25.4 Å². The van der Waals surface area contributed by atoms with Crippen LogP contribution in [0.3, 0.4) is 0 Å². The second kappa shape index (κ2) is 14.9. The standard InChI is InChI=1S/C27H28N2.C4H4O4/c1-4-11-24(12-5-1)15-10-20-29(26-16-8-3-9-17-26)27-18-21-28(22-19-27)23-25-13-6-2-7-14-25;5-3(6)1-2-4(7)8/h1-9,11-14,16-17,27H,18-23H2;1-2H,(H,5,6)(H,7,8)/b;2-1+. The SMILES string of the molecule is C(#Cc1ccccc1)CN(c1ccccc1)C1CCN(Cc2ccccc2)CC1.O=C(O)/C=C/C(=O)O. The van der Waals surface area contributed by atoms with Gasteiger partial charge >= 0.3 is 11.9 Å². The fraction of sp³-hybridized carbons (Fsp3) is 0.226. The lowest BCUT2D eigenvalue weighted by atomic mass is 10.0. The maximum absolute atomic E-state index is 9.55. The lowest BCUT2D eigenvalue weighted by Gasteiger charge is -2.39. The van der Waals surface area contributed by atoms with E-state index in [-0.39, 0.29) is 0 Å². The number of piperidine rings is 1. The Balaban J connectivity index is 0.000000414. The van der Waals surface area contributed by atoms with Crippen molar-refractivity contribution in [2.24, 2.45) is 0 Å². The second-order valence-corrected chi connectivity index (χ2v) is 8.63. The van der Waals surface area contributed by atoms with Gasteiger partial charge in [0.1, 0.15) is 0 Å². The van der Waals surface area contributed by atoms with Gasteiger partial charge in [-0.05, 0) is 42.7 Å². The predicted octanol–water partition coefficient (Wildman–Crippen LogP) is 4.92. The molecule has 3 aromatic carbocycles. The summed E-state index contributed by atoms with van der Waals surface area (Å²) < 4.78 is 0. The van der Waals surface area contributed by atoms with Crippen LogP contribution in [0.2, 0.25) is 0 Å². The van der Waals surface area contributed by atoms with Gasteiger partial charge in [-0.1, -0.05) is 78.6 Å². The van der Waals surface area contributed by atoms with Crippen molar-refractivity contribution in [3.8, 4) is 11.8 Å². The topological polar surface area (TPSA) is 81.1 Å². The number of nitrogens with zero attached hydrogens (tertiary/aromatic N) is 2. The van der Waals surface area contributed by atoms with E-state index in [0.717, 1.165) is 31.7 Å². The highest BCUT2D eigenvalue weighted by Gasteiger charge is 2.24. The summed E-state index contributed by atoms with van der Waals surface area (Å²) in [6.45, 7) is 4.08. The maximum Gasteiger partial charge on any atom is 0.328 e. The van der Waals surface area contributed by atoms with Crippen LogP contribution in [0, 0.1) is 11.8 Å². The molecule has 1 fully saturated rings. The number of rotatable bonds is 7. The summed E-state index contributed by atoms with van der Waals surface area (Å²) in [6.07, 6.45) is 3.47. The Labute approximate surface area is 218 Å². The van der Waals surface area contributed by atoms with E-state index < -0.39 is 11.9 Å². The zero-order valence-corrected chi connectivity index (χ0v) is 20.7. The molecule has 0 aromatic heterocycles. The Morgan fingerprint density at radius 3 is 1.86 bits per heavy atom. The summed E-state index contributed by atoms with van der Waals surface area (Å²) in [5, 5.41) is 15.6. The van der Waals surface area contributed by atoms with E-state index in [0.29, 0.717) is 18.2 Å². The van der Waals surface area contributed by atoms with E-state index in [1.54, 1.807) is 0 Å². The highest BCUT2D eigenvalue weighted by atomic mass is 16.4. The number of carbonyl (C=O) groups is 2. The zero-order valence-electron chi connectivity index (χ0n) is 20.7. The number of likely N-dealkylation sites (tertiary alicyclic amines) is 1. The van der Waals surface area contributed by atoms with Crippen molar-refractivity contribution in [1.29, 1.82) is 0 Å². The molecule has 4 rings (SSSR count). The molecule has 1 saturated heterocycles. The molecule has 0 atom stereocenters. The normalized spacial score (nSPS) is 13.6. The third-order valence-electron chi connectivity index (χ3n) is 5.96. The molecule has 6 nitrogen and oxygen atoms in total. The van der Waals surface area contributed by atoms with Gasteiger partial charge in [-0.15, -0.1) is 0 Å². The van der Waals surface area contributed by atoms with Crippen LogP contribution in [0.5, 0.6) is 0 Å². The molecule has 1 heterocycles. The Kier molecular flexibility index (Phi) is 11.0. The van der Waals surface area contributed by atoms with Gasteiger partial charge < -0.3 is 15.1 Å². The predicted molar refractivity (Wildman–Crippen MR) is 146 cm³/mol. The average Bonchev–Trinajstić information content (AvgIpc) is 2.93. The third-order valence-corrected chi connectivity index (χ3v) is 5.96. The number of aliphatic carboxylic acids is 2. The minimum Gasteiger partial charge on any atom is -0.478 e. The Hall–Kier alpha value is -4.34. The monoisotopic (exact) mass is 496 g/mol. The van der Waals surface area contributed by atoms with Gasteiger partial charge in [0, 0.05) is 49.1 Å². The number of hydrogen-bond donors (Lipinski definition) is 2.